The zero-order valence-electron chi connectivity index (χ0n) is 8.48. The number of β-amino-alcohol motifs (C(OH)–C–C–N with tert-alkyl or cyclic N) is 1. The van der Waals surface area contributed by atoms with Crippen molar-refractivity contribution in [2.75, 3.05) is 26.3 Å². The Hall–Kier alpha value is -0.650. The van der Waals surface area contributed by atoms with Crippen LogP contribution in [-0.4, -0.2) is 54.4 Å². The largest absolute Gasteiger partial charge is 0.392 e. The van der Waals surface area contributed by atoms with E-state index >= 15 is 0 Å². The van der Waals surface area contributed by atoms with Gasteiger partial charge in [-0.3, -0.25) is 9.69 Å². The Kier molecular flexibility index (Phi) is 4.31. The van der Waals surface area contributed by atoms with E-state index in [1.165, 1.54) is 0 Å². The van der Waals surface area contributed by atoms with Gasteiger partial charge in [-0.05, 0) is 6.42 Å². The van der Waals surface area contributed by atoms with E-state index in [1.54, 1.807) is 0 Å². The van der Waals surface area contributed by atoms with Crippen molar-refractivity contribution in [1.82, 2.24) is 4.90 Å². The third kappa shape index (κ3) is 2.94. The summed E-state index contributed by atoms with van der Waals surface area (Å²) in [5.74, 6) is -0.381. The molecule has 3 N–H and O–H groups in total. The second-order valence-corrected chi connectivity index (χ2v) is 3.55. The van der Waals surface area contributed by atoms with Crippen molar-refractivity contribution in [2.24, 2.45) is 5.73 Å². The van der Waals surface area contributed by atoms with Gasteiger partial charge in [-0.25, -0.2) is 0 Å². The Morgan fingerprint density at radius 2 is 2.50 bits per heavy atom. The molecule has 0 spiro atoms. The van der Waals surface area contributed by atoms with Gasteiger partial charge >= 0.3 is 0 Å². The predicted octanol–water partition coefficient (Wildman–Crippen LogP) is -1.06. The maximum atomic E-state index is 11.1. The minimum absolute atomic E-state index is 0.339. The van der Waals surface area contributed by atoms with Crippen LogP contribution < -0.4 is 5.73 Å². The first kappa shape index (κ1) is 11.4. The highest BCUT2D eigenvalue weighted by Gasteiger charge is 2.28. The first-order valence-electron chi connectivity index (χ1n) is 4.94. The number of nitrogens with zero attached hydrogens (tertiary/aromatic N) is 1. The fraction of sp³-hybridized carbons (Fsp3) is 0.889. The van der Waals surface area contributed by atoms with Gasteiger partial charge in [0.15, 0.2) is 0 Å². The Labute approximate surface area is 83.8 Å². The number of morpholine rings is 1. The van der Waals surface area contributed by atoms with Gasteiger partial charge in [0, 0.05) is 13.1 Å². The van der Waals surface area contributed by atoms with E-state index in [-0.39, 0.29) is 11.9 Å². The summed E-state index contributed by atoms with van der Waals surface area (Å²) in [6, 6.07) is -0.384. The number of primary amides is 1. The molecule has 1 aliphatic heterocycles. The Morgan fingerprint density at radius 3 is 3.07 bits per heavy atom. The lowest BCUT2D eigenvalue weighted by Crippen LogP contribution is -2.54. The number of ether oxygens (including phenoxy) is 1. The molecule has 2 atom stereocenters. The van der Waals surface area contributed by atoms with Crippen LogP contribution in [-0.2, 0) is 9.53 Å². The first-order chi connectivity index (χ1) is 6.65. The molecule has 14 heavy (non-hydrogen) atoms. The van der Waals surface area contributed by atoms with Crippen LogP contribution in [0.1, 0.15) is 13.3 Å². The van der Waals surface area contributed by atoms with Crippen molar-refractivity contribution in [1.29, 1.82) is 0 Å². The molecule has 1 aliphatic rings. The topological polar surface area (TPSA) is 75.8 Å². The van der Waals surface area contributed by atoms with Crippen LogP contribution in [0.25, 0.3) is 0 Å². The lowest BCUT2D eigenvalue weighted by atomic mass is 10.1. The molecule has 1 amide bonds. The van der Waals surface area contributed by atoms with Gasteiger partial charge in [0.1, 0.15) is 6.04 Å². The molecular weight excluding hydrogens is 184 g/mol. The first-order valence-corrected chi connectivity index (χ1v) is 4.94. The molecule has 1 heterocycles. The van der Waals surface area contributed by atoms with Gasteiger partial charge < -0.3 is 15.6 Å². The fourth-order valence-corrected chi connectivity index (χ4v) is 1.52. The van der Waals surface area contributed by atoms with Crippen LogP contribution >= 0.6 is 0 Å². The van der Waals surface area contributed by atoms with E-state index in [9.17, 15) is 9.90 Å². The maximum absolute atomic E-state index is 11.1. The second kappa shape index (κ2) is 5.29. The van der Waals surface area contributed by atoms with Gasteiger partial charge in [-0.15, -0.1) is 0 Å². The van der Waals surface area contributed by atoms with E-state index in [4.69, 9.17) is 10.5 Å². The van der Waals surface area contributed by atoms with E-state index < -0.39 is 6.10 Å². The summed E-state index contributed by atoms with van der Waals surface area (Å²) < 4.78 is 5.16. The Morgan fingerprint density at radius 1 is 1.79 bits per heavy atom. The van der Waals surface area contributed by atoms with E-state index in [2.05, 4.69) is 0 Å². The van der Waals surface area contributed by atoms with Crippen molar-refractivity contribution in [3.63, 3.8) is 0 Å². The molecule has 82 valence electrons. The van der Waals surface area contributed by atoms with E-state index in [0.717, 1.165) is 0 Å². The van der Waals surface area contributed by atoms with Crippen LogP contribution in [0, 0.1) is 0 Å². The molecule has 0 saturated carbocycles. The van der Waals surface area contributed by atoms with Gasteiger partial charge in [0.05, 0.1) is 19.3 Å². The minimum atomic E-state index is -0.394. The van der Waals surface area contributed by atoms with Gasteiger partial charge in [-0.1, -0.05) is 6.92 Å². The molecule has 1 fully saturated rings. The normalized spacial score (nSPS) is 26.0. The van der Waals surface area contributed by atoms with Crippen LogP contribution in [0.2, 0.25) is 0 Å². The third-order valence-corrected chi connectivity index (χ3v) is 2.48. The van der Waals surface area contributed by atoms with Crippen molar-refractivity contribution in [3.8, 4) is 0 Å². The molecule has 1 saturated heterocycles. The highest BCUT2D eigenvalue weighted by molar-refractivity contribution is 5.80. The predicted molar refractivity (Wildman–Crippen MR) is 51.7 cm³/mol. The van der Waals surface area contributed by atoms with Gasteiger partial charge in [-0.2, -0.15) is 0 Å². The number of aliphatic hydroxyl groups is 1. The number of aliphatic hydroxyl groups excluding tert-OH is 1. The number of nitrogens with two attached hydrogens (primary N) is 1. The zero-order chi connectivity index (χ0) is 10.6. The van der Waals surface area contributed by atoms with E-state index in [0.29, 0.717) is 32.7 Å². The van der Waals surface area contributed by atoms with Crippen molar-refractivity contribution in [2.45, 2.75) is 25.5 Å². The SMILES string of the molecule is CCC(O)CN1CCOCC1C(N)=O. The standard InChI is InChI=1S/C9H18N2O3/c1-2-7(12)5-11-3-4-14-6-8(11)9(10)13/h7-8,12H,2-6H2,1H3,(H2,10,13). The zero-order valence-corrected chi connectivity index (χ0v) is 8.48. The number of hydrogen-bond acceptors (Lipinski definition) is 4. The summed E-state index contributed by atoms with van der Waals surface area (Å²) in [6.07, 6.45) is 0.290. The molecule has 0 aliphatic carbocycles. The molecule has 5 heteroatoms. The minimum Gasteiger partial charge on any atom is -0.392 e. The summed E-state index contributed by atoms with van der Waals surface area (Å²) in [5, 5.41) is 9.48. The van der Waals surface area contributed by atoms with Crippen molar-refractivity contribution >= 4 is 5.91 Å². The average Bonchev–Trinajstić information content (AvgIpc) is 2.18. The molecule has 0 radical (unpaired) electrons. The summed E-state index contributed by atoms with van der Waals surface area (Å²) in [4.78, 5) is 12.9. The smallest absolute Gasteiger partial charge is 0.237 e. The van der Waals surface area contributed by atoms with Gasteiger partial charge in [0.25, 0.3) is 0 Å². The lowest BCUT2D eigenvalue weighted by molar-refractivity contribution is -0.130. The van der Waals surface area contributed by atoms with Crippen LogP contribution in [0.5, 0.6) is 0 Å². The number of carbonyl (C=O) groups is 1. The number of carbonyl (C=O) groups excluding carboxylic acids is 1. The molecule has 0 aromatic rings. The Balaban J connectivity index is 2.49. The average molecular weight is 202 g/mol. The molecular formula is C9H18N2O3. The van der Waals surface area contributed by atoms with Crippen LogP contribution in [0.3, 0.4) is 0 Å². The summed E-state index contributed by atoms with van der Waals surface area (Å²) >= 11 is 0. The fourth-order valence-electron chi connectivity index (χ4n) is 1.52. The molecule has 0 bridgehead atoms. The summed E-state index contributed by atoms with van der Waals surface area (Å²) in [6.45, 7) is 3.99. The van der Waals surface area contributed by atoms with Crippen molar-refractivity contribution in [3.05, 3.63) is 0 Å². The second-order valence-electron chi connectivity index (χ2n) is 3.55. The van der Waals surface area contributed by atoms with Crippen LogP contribution in [0.15, 0.2) is 0 Å². The molecule has 1 rings (SSSR count). The summed E-state index contributed by atoms with van der Waals surface area (Å²) in [7, 11) is 0. The van der Waals surface area contributed by atoms with E-state index in [1.807, 2.05) is 11.8 Å². The molecule has 5 nitrogen and oxygen atoms in total. The maximum Gasteiger partial charge on any atom is 0.237 e. The third-order valence-electron chi connectivity index (χ3n) is 2.48. The highest BCUT2D eigenvalue weighted by atomic mass is 16.5. The monoisotopic (exact) mass is 202 g/mol. The summed E-state index contributed by atoms with van der Waals surface area (Å²) in [5.41, 5.74) is 5.23. The van der Waals surface area contributed by atoms with Gasteiger partial charge in [0.2, 0.25) is 5.91 Å². The lowest BCUT2D eigenvalue weighted by Gasteiger charge is -2.34. The van der Waals surface area contributed by atoms with Crippen LogP contribution in [0.4, 0.5) is 0 Å². The molecule has 0 aromatic carbocycles. The number of hydrogen-bond donors (Lipinski definition) is 2. The number of amides is 1. The van der Waals surface area contributed by atoms with Crippen molar-refractivity contribution < 1.29 is 14.6 Å². The number of rotatable bonds is 4. The molecule has 0 aromatic heterocycles. The molecule has 2 unspecified atom stereocenters. The highest BCUT2D eigenvalue weighted by Crippen LogP contribution is 2.08. The quantitative estimate of drug-likeness (QED) is 0.609. The Bertz CT molecular complexity index is 198.